The number of carboxylic acid groups (broad SMARTS) is 1. The van der Waals surface area contributed by atoms with Crippen LogP contribution < -0.4 is 0 Å². The molecule has 7 heteroatoms. The summed E-state index contributed by atoms with van der Waals surface area (Å²) in [6.45, 7) is 3.97. The lowest BCUT2D eigenvalue weighted by molar-refractivity contribution is -0.141. The van der Waals surface area contributed by atoms with E-state index < -0.39 is 22.2 Å². The van der Waals surface area contributed by atoms with E-state index in [1.54, 1.807) is 0 Å². The number of carbonyl (C=O) groups is 1. The molecule has 15 heavy (non-hydrogen) atoms. The van der Waals surface area contributed by atoms with Crippen molar-refractivity contribution in [1.29, 1.82) is 0 Å². The van der Waals surface area contributed by atoms with E-state index >= 15 is 0 Å². The van der Waals surface area contributed by atoms with E-state index in [1.165, 1.54) is 7.05 Å². The van der Waals surface area contributed by atoms with Crippen molar-refractivity contribution in [3.05, 3.63) is 0 Å². The van der Waals surface area contributed by atoms with Crippen molar-refractivity contribution in [3.8, 4) is 0 Å². The number of hydrogen-bond donors (Lipinski definition) is 1. The van der Waals surface area contributed by atoms with E-state index in [4.69, 9.17) is 5.11 Å². The summed E-state index contributed by atoms with van der Waals surface area (Å²) in [6, 6.07) is -0.956. The summed E-state index contributed by atoms with van der Waals surface area (Å²) in [6.07, 6.45) is 0. The Kier molecular flexibility index (Phi) is 3.37. The molecular formula is C8H16N2O4S. The smallest absolute Gasteiger partial charge is 0.323 e. The minimum atomic E-state index is -3.57. The van der Waals surface area contributed by atoms with Gasteiger partial charge in [0.15, 0.2) is 0 Å². The molecule has 0 aromatic heterocycles. The molecule has 1 aliphatic heterocycles. The molecule has 1 saturated heterocycles. The Morgan fingerprint density at radius 2 is 2.07 bits per heavy atom. The molecule has 1 unspecified atom stereocenters. The van der Waals surface area contributed by atoms with Crippen LogP contribution in [0.15, 0.2) is 0 Å². The molecule has 1 N–H and O–H groups in total. The monoisotopic (exact) mass is 236 g/mol. The van der Waals surface area contributed by atoms with Gasteiger partial charge in [-0.2, -0.15) is 17.0 Å². The van der Waals surface area contributed by atoms with Crippen molar-refractivity contribution in [2.45, 2.75) is 19.9 Å². The molecule has 0 radical (unpaired) electrons. The van der Waals surface area contributed by atoms with Gasteiger partial charge in [0.2, 0.25) is 0 Å². The van der Waals surface area contributed by atoms with Crippen LogP contribution >= 0.6 is 0 Å². The first-order chi connectivity index (χ1) is 6.76. The van der Waals surface area contributed by atoms with Gasteiger partial charge in [-0.1, -0.05) is 13.8 Å². The minimum absolute atomic E-state index is 0.0182. The molecule has 0 aromatic rings. The maximum atomic E-state index is 11.7. The normalized spacial score (nSPS) is 27.3. The molecule has 0 saturated carbocycles. The van der Waals surface area contributed by atoms with Crippen molar-refractivity contribution in [2.24, 2.45) is 5.92 Å². The van der Waals surface area contributed by atoms with Crippen molar-refractivity contribution in [3.63, 3.8) is 0 Å². The second-order valence-corrected chi connectivity index (χ2v) is 6.09. The zero-order valence-electron chi connectivity index (χ0n) is 9.04. The highest BCUT2D eigenvalue weighted by atomic mass is 32.2. The number of aliphatic carboxylic acids is 1. The summed E-state index contributed by atoms with van der Waals surface area (Å²) in [4.78, 5) is 10.9. The first-order valence-electron chi connectivity index (χ1n) is 4.72. The Hall–Kier alpha value is -0.660. The SMILES string of the molecule is CC(C)CN1C(C(=O)O)CN(C)S1(=O)=O. The summed E-state index contributed by atoms with van der Waals surface area (Å²) in [5.74, 6) is -0.989. The van der Waals surface area contributed by atoms with E-state index in [1.807, 2.05) is 13.8 Å². The average molecular weight is 236 g/mol. The van der Waals surface area contributed by atoms with Gasteiger partial charge in [-0.15, -0.1) is 0 Å². The third kappa shape index (κ3) is 2.30. The highest BCUT2D eigenvalue weighted by molar-refractivity contribution is 7.87. The van der Waals surface area contributed by atoms with Crippen LogP contribution in [-0.2, 0) is 15.0 Å². The van der Waals surface area contributed by atoms with Crippen LogP contribution in [0.5, 0.6) is 0 Å². The Morgan fingerprint density at radius 3 is 2.47 bits per heavy atom. The number of nitrogens with zero attached hydrogens (tertiary/aromatic N) is 2. The fraction of sp³-hybridized carbons (Fsp3) is 0.875. The number of hydrogen-bond acceptors (Lipinski definition) is 3. The van der Waals surface area contributed by atoms with Gasteiger partial charge in [0.05, 0.1) is 0 Å². The molecule has 1 rings (SSSR count). The van der Waals surface area contributed by atoms with Crippen LogP contribution in [0, 0.1) is 5.92 Å². The molecule has 0 aliphatic carbocycles. The second-order valence-electron chi connectivity index (χ2n) is 4.11. The molecule has 0 aromatic carbocycles. The molecule has 0 bridgehead atoms. The zero-order chi connectivity index (χ0) is 11.8. The quantitative estimate of drug-likeness (QED) is 0.722. The summed E-state index contributed by atoms with van der Waals surface area (Å²) < 4.78 is 25.6. The van der Waals surface area contributed by atoms with E-state index in [0.717, 1.165) is 8.61 Å². The summed E-state index contributed by atoms with van der Waals surface area (Å²) in [7, 11) is -2.17. The summed E-state index contributed by atoms with van der Waals surface area (Å²) in [5.41, 5.74) is 0. The Labute approximate surface area is 89.7 Å². The van der Waals surface area contributed by atoms with Crippen molar-refractivity contribution in [2.75, 3.05) is 20.1 Å². The van der Waals surface area contributed by atoms with Crippen molar-refractivity contribution < 1.29 is 18.3 Å². The number of likely N-dealkylation sites (N-methyl/N-ethyl adjacent to an activating group) is 1. The number of carboxylic acids is 1. The third-order valence-corrected chi connectivity index (χ3v) is 4.23. The predicted octanol–water partition coefficient (Wildman–Crippen LogP) is -0.412. The Balaban J connectivity index is 2.99. The van der Waals surface area contributed by atoms with Gasteiger partial charge in [0.25, 0.3) is 10.2 Å². The largest absolute Gasteiger partial charge is 0.480 e. The predicted molar refractivity (Wildman–Crippen MR) is 54.5 cm³/mol. The van der Waals surface area contributed by atoms with Gasteiger partial charge in [-0.25, -0.2) is 0 Å². The van der Waals surface area contributed by atoms with Gasteiger partial charge in [0.1, 0.15) is 6.04 Å². The van der Waals surface area contributed by atoms with Crippen LogP contribution in [0.25, 0.3) is 0 Å². The highest BCUT2D eigenvalue weighted by Gasteiger charge is 2.45. The van der Waals surface area contributed by atoms with Gasteiger partial charge >= 0.3 is 5.97 Å². The van der Waals surface area contributed by atoms with Gasteiger partial charge in [-0.05, 0) is 5.92 Å². The molecular weight excluding hydrogens is 220 g/mol. The van der Waals surface area contributed by atoms with E-state index in [0.29, 0.717) is 0 Å². The van der Waals surface area contributed by atoms with Crippen LogP contribution in [0.3, 0.4) is 0 Å². The topological polar surface area (TPSA) is 77.9 Å². The van der Waals surface area contributed by atoms with Crippen LogP contribution in [0.4, 0.5) is 0 Å². The summed E-state index contributed by atoms with van der Waals surface area (Å²) >= 11 is 0. The van der Waals surface area contributed by atoms with Crippen molar-refractivity contribution >= 4 is 16.2 Å². The van der Waals surface area contributed by atoms with Crippen LogP contribution in [0.1, 0.15) is 13.8 Å². The minimum Gasteiger partial charge on any atom is -0.480 e. The molecule has 88 valence electrons. The first kappa shape index (κ1) is 12.4. The molecule has 1 aliphatic rings. The molecule has 1 fully saturated rings. The maximum absolute atomic E-state index is 11.7. The van der Waals surface area contributed by atoms with E-state index in [2.05, 4.69) is 0 Å². The summed E-state index contributed by atoms with van der Waals surface area (Å²) in [5, 5.41) is 8.91. The highest BCUT2D eigenvalue weighted by Crippen LogP contribution is 2.22. The standard InChI is InChI=1S/C8H16N2O4S/c1-6(2)4-10-7(8(11)12)5-9(3)15(10,13)14/h6-7H,4-5H2,1-3H3,(H,11,12). The first-order valence-corrected chi connectivity index (χ1v) is 6.12. The van der Waals surface area contributed by atoms with Crippen LogP contribution in [-0.4, -0.2) is 54.3 Å². The molecule has 0 spiro atoms. The van der Waals surface area contributed by atoms with Crippen molar-refractivity contribution in [1.82, 2.24) is 8.61 Å². The lowest BCUT2D eigenvalue weighted by Crippen LogP contribution is -2.41. The van der Waals surface area contributed by atoms with Crippen LogP contribution in [0.2, 0.25) is 0 Å². The Bertz CT molecular complexity index is 352. The van der Waals surface area contributed by atoms with E-state index in [-0.39, 0.29) is 19.0 Å². The molecule has 0 amide bonds. The Morgan fingerprint density at radius 1 is 1.53 bits per heavy atom. The molecule has 1 atom stereocenters. The lowest BCUT2D eigenvalue weighted by Gasteiger charge is -2.20. The molecule has 6 nitrogen and oxygen atoms in total. The fourth-order valence-corrected chi connectivity index (χ4v) is 3.20. The van der Waals surface area contributed by atoms with Gasteiger partial charge in [-0.3, -0.25) is 4.79 Å². The lowest BCUT2D eigenvalue weighted by atomic mass is 10.2. The maximum Gasteiger partial charge on any atom is 0.323 e. The van der Waals surface area contributed by atoms with E-state index in [9.17, 15) is 13.2 Å². The third-order valence-electron chi connectivity index (χ3n) is 2.30. The van der Waals surface area contributed by atoms with Gasteiger partial charge < -0.3 is 5.11 Å². The molecule has 1 heterocycles. The fourth-order valence-electron chi connectivity index (χ4n) is 1.55. The second kappa shape index (κ2) is 4.07. The average Bonchev–Trinajstić information content (AvgIpc) is 2.28. The van der Waals surface area contributed by atoms with Gasteiger partial charge in [0, 0.05) is 20.1 Å². The zero-order valence-corrected chi connectivity index (χ0v) is 9.86. The number of rotatable bonds is 3.